The highest BCUT2D eigenvalue weighted by Gasteiger charge is 2.36. The van der Waals surface area contributed by atoms with Crippen molar-refractivity contribution in [2.24, 2.45) is 0 Å². The Balaban J connectivity index is 1.73. The van der Waals surface area contributed by atoms with Gasteiger partial charge in [0.1, 0.15) is 5.82 Å². The average Bonchev–Trinajstić information content (AvgIpc) is 3.20. The lowest BCUT2D eigenvalue weighted by atomic mass is 10.1. The van der Waals surface area contributed by atoms with E-state index in [0.717, 1.165) is 18.7 Å². The van der Waals surface area contributed by atoms with Crippen LogP contribution in [0.3, 0.4) is 0 Å². The number of hydrogen-bond donors (Lipinski definition) is 0. The molecule has 1 aromatic heterocycles. The second kappa shape index (κ2) is 6.42. The summed E-state index contributed by atoms with van der Waals surface area (Å²) in [5, 5.41) is 3.62. The maximum absolute atomic E-state index is 13.1. The topological polar surface area (TPSA) is 92.6 Å². The number of fused-ring (bicyclic) bond motifs is 2. The van der Waals surface area contributed by atoms with E-state index in [-0.39, 0.29) is 29.0 Å². The van der Waals surface area contributed by atoms with Gasteiger partial charge in [0.15, 0.2) is 9.84 Å². The third kappa shape index (κ3) is 3.14. The van der Waals surface area contributed by atoms with Crippen molar-refractivity contribution in [3.8, 4) is 0 Å². The van der Waals surface area contributed by atoms with Crippen LogP contribution in [-0.2, 0) is 22.8 Å². The van der Waals surface area contributed by atoms with Crippen LogP contribution >= 0.6 is 0 Å². The quantitative estimate of drug-likeness (QED) is 0.707. The van der Waals surface area contributed by atoms with Gasteiger partial charge in [0, 0.05) is 32.6 Å². The predicted octanol–water partition coefficient (Wildman–Crippen LogP) is 0.449. The van der Waals surface area contributed by atoms with Crippen molar-refractivity contribution in [2.75, 3.05) is 25.6 Å². The van der Waals surface area contributed by atoms with Gasteiger partial charge < -0.3 is 0 Å². The van der Waals surface area contributed by atoms with Gasteiger partial charge in [-0.05, 0) is 31.0 Å². The Bertz CT molecular complexity index is 1090. The first kappa shape index (κ1) is 18.1. The third-order valence-corrected chi connectivity index (χ3v) is 7.01. The monoisotopic (exact) mass is 390 g/mol. The molecular weight excluding hydrogens is 368 g/mol. The highest BCUT2D eigenvalue weighted by molar-refractivity contribution is 7.91. The lowest BCUT2D eigenvalue weighted by molar-refractivity contribution is 0.00102. The van der Waals surface area contributed by atoms with Gasteiger partial charge in [0.25, 0.3) is 11.5 Å². The van der Waals surface area contributed by atoms with Crippen molar-refractivity contribution in [1.82, 2.24) is 19.6 Å². The molecule has 0 bridgehead atoms. The fourth-order valence-electron chi connectivity index (χ4n) is 3.99. The van der Waals surface area contributed by atoms with Crippen molar-refractivity contribution in [3.63, 3.8) is 0 Å². The highest BCUT2D eigenvalue weighted by Crippen LogP contribution is 2.22. The van der Waals surface area contributed by atoms with Crippen LogP contribution in [0.2, 0.25) is 0 Å². The van der Waals surface area contributed by atoms with Crippen molar-refractivity contribution in [1.29, 1.82) is 0 Å². The van der Waals surface area contributed by atoms with Crippen LogP contribution in [0.25, 0.3) is 10.9 Å². The average molecular weight is 390 g/mol. The molecule has 0 N–H and O–H groups in total. The lowest BCUT2D eigenvalue weighted by Gasteiger charge is -2.33. The first-order valence-corrected chi connectivity index (χ1v) is 10.8. The van der Waals surface area contributed by atoms with Crippen LogP contribution in [0.4, 0.5) is 0 Å². The second-order valence-electron chi connectivity index (χ2n) is 7.37. The van der Waals surface area contributed by atoms with E-state index in [0.29, 0.717) is 29.4 Å². The summed E-state index contributed by atoms with van der Waals surface area (Å²) in [7, 11) is 0.333. The lowest BCUT2D eigenvalue weighted by Crippen LogP contribution is -2.49. The van der Waals surface area contributed by atoms with E-state index in [2.05, 4.69) is 4.98 Å². The van der Waals surface area contributed by atoms with E-state index in [1.807, 2.05) is 0 Å². The van der Waals surface area contributed by atoms with Crippen LogP contribution in [0, 0.1) is 0 Å². The molecule has 2 aliphatic heterocycles. The molecule has 0 radical (unpaired) electrons. The molecule has 4 rings (SSSR count). The SMILES string of the molecule is CN(C)N(C(=O)c1ccc2c(=O)n3c(nc2c1)CCC3)C1CCS(=O)(=O)C1. The van der Waals surface area contributed by atoms with Gasteiger partial charge in [-0.15, -0.1) is 0 Å². The number of aromatic nitrogens is 2. The Labute approximate surface area is 157 Å². The van der Waals surface area contributed by atoms with Crippen LogP contribution in [0.1, 0.15) is 29.0 Å². The number of sulfone groups is 1. The number of carbonyl (C=O) groups is 1. The first-order valence-electron chi connectivity index (χ1n) is 9.01. The molecule has 1 aromatic carbocycles. The molecule has 9 heteroatoms. The Kier molecular flexibility index (Phi) is 4.31. The van der Waals surface area contributed by atoms with Crippen LogP contribution in [0.5, 0.6) is 0 Å². The summed E-state index contributed by atoms with van der Waals surface area (Å²) in [6.45, 7) is 0.683. The highest BCUT2D eigenvalue weighted by atomic mass is 32.2. The Morgan fingerprint density at radius 2 is 2.07 bits per heavy atom. The molecule has 8 nitrogen and oxygen atoms in total. The Hall–Kier alpha value is -2.26. The van der Waals surface area contributed by atoms with E-state index < -0.39 is 9.84 Å². The number of nitrogens with zero attached hydrogens (tertiary/aromatic N) is 4. The smallest absolute Gasteiger partial charge is 0.268 e. The van der Waals surface area contributed by atoms with Crippen molar-refractivity contribution >= 4 is 26.6 Å². The molecule has 0 spiro atoms. The normalized spacial score (nSPS) is 20.9. The van der Waals surface area contributed by atoms with Gasteiger partial charge in [-0.3, -0.25) is 19.2 Å². The summed E-state index contributed by atoms with van der Waals surface area (Å²) < 4.78 is 25.4. The zero-order valence-corrected chi connectivity index (χ0v) is 16.2. The molecule has 0 aliphatic carbocycles. The fraction of sp³-hybridized carbons (Fsp3) is 0.500. The largest absolute Gasteiger partial charge is 0.296 e. The van der Waals surface area contributed by atoms with E-state index in [1.165, 1.54) is 5.01 Å². The third-order valence-electron chi connectivity index (χ3n) is 5.26. The fourth-order valence-corrected chi connectivity index (χ4v) is 5.68. The molecular formula is C18H22N4O4S. The van der Waals surface area contributed by atoms with Crippen LogP contribution in [-0.4, -0.2) is 65.5 Å². The minimum atomic E-state index is -3.11. The van der Waals surface area contributed by atoms with Gasteiger partial charge in [0.05, 0.1) is 28.5 Å². The molecule has 1 fully saturated rings. The van der Waals surface area contributed by atoms with Gasteiger partial charge in [-0.2, -0.15) is 0 Å². The molecule has 2 aromatic rings. The number of benzene rings is 1. The molecule has 27 heavy (non-hydrogen) atoms. The second-order valence-corrected chi connectivity index (χ2v) is 9.60. The van der Waals surface area contributed by atoms with Gasteiger partial charge in [-0.25, -0.2) is 18.4 Å². The van der Waals surface area contributed by atoms with Gasteiger partial charge >= 0.3 is 0 Å². The van der Waals surface area contributed by atoms with Crippen molar-refractivity contribution in [2.45, 2.75) is 31.8 Å². The van der Waals surface area contributed by atoms with Crippen molar-refractivity contribution in [3.05, 3.63) is 39.9 Å². The number of aryl methyl sites for hydroxylation is 1. The summed E-state index contributed by atoms with van der Waals surface area (Å²) in [6.07, 6.45) is 2.08. The molecule has 3 heterocycles. The number of hydrogen-bond acceptors (Lipinski definition) is 6. The number of carbonyl (C=O) groups excluding carboxylic acids is 1. The van der Waals surface area contributed by atoms with Gasteiger partial charge in [0.2, 0.25) is 0 Å². The molecule has 1 amide bonds. The van der Waals surface area contributed by atoms with E-state index >= 15 is 0 Å². The van der Waals surface area contributed by atoms with Crippen LogP contribution < -0.4 is 5.56 Å². The molecule has 2 aliphatic rings. The Morgan fingerprint density at radius 3 is 2.74 bits per heavy atom. The minimum Gasteiger partial charge on any atom is -0.296 e. The standard InChI is InChI=1S/C18H22N4O4S/c1-20(2)22(13-7-9-27(25,26)11-13)17(23)12-5-6-14-15(10-12)19-16-4-3-8-21(16)18(14)24/h5-6,10,13H,3-4,7-9,11H2,1-2H3. The van der Waals surface area contributed by atoms with Crippen LogP contribution in [0.15, 0.2) is 23.0 Å². The molecule has 1 saturated heterocycles. The summed E-state index contributed by atoms with van der Waals surface area (Å²) in [5.41, 5.74) is 0.838. The molecule has 144 valence electrons. The van der Waals surface area contributed by atoms with E-state index in [9.17, 15) is 18.0 Å². The summed E-state index contributed by atoms with van der Waals surface area (Å²) in [5.74, 6) is 0.532. The molecule has 1 unspecified atom stereocenters. The zero-order chi connectivity index (χ0) is 19.3. The zero-order valence-electron chi connectivity index (χ0n) is 15.4. The predicted molar refractivity (Wildman–Crippen MR) is 101 cm³/mol. The van der Waals surface area contributed by atoms with E-state index in [1.54, 1.807) is 41.9 Å². The summed E-state index contributed by atoms with van der Waals surface area (Å²) in [4.78, 5) is 30.3. The summed E-state index contributed by atoms with van der Waals surface area (Å²) >= 11 is 0. The maximum atomic E-state index is 13.1. The van der Waals surface area contributed by atoms with E-state index in [4.69, 9.17) is 0 Å². The number of rotatable bonds is 3. The first-order chi connectivity index (χ1) is 12.8. The molecule has 1 atom stereocenters. The van der Waals surface area contributed by atoms with Gasteiger partial charge in [-0.1, -0.05) is 0 Å². The maximum Gasteiger partial charge on any atom is 0.268 e. The summed E-state index contributed by atoms with van der Waals surface area (Å²) in [6, 6.07) is 4.52. The minimum absolute atomic E-state index is 0.0302. The molecule has 0 saturated carbocycles. The Morgan fingerprint density at radius 1 is 1.30 bits per heavy atom. The number of hydrazine groups is 1. The number of amides is 1. The van der Waals surface area contributed by atoms with Crippen molar-refractivity contribution < 1.29 is 13.2 Å².